The number of thioether (sulfide) groups is 1. The van der Waals surface area contributed by atoms with E-state index in [2.05, 4.69) is 10.6 Å². The summed E-state index contributed by atoms with van der Waals surface area (Å²) in [7, 11) is 1.54. The molecule has 0 saturated carbocycles. The second-order valence-corrected chi connectivity index (χ2v) is 13.1. The highest BCUT2D eigenvalue weighted by molar-refractivity contribution is 8.00. The van der Waals surface area contributed by atoms with Gasteiger partial charge in [0.25, 0.3) is 11.8 Å². The fourth-order valence-corrected chi connectivity index (χ4v) is 6.44. The summed E-state index contributed by atoms with van der Waals surface area (Å²) < 4.78 is 18.3. The lowest BCUT2D eigenvalue weighted by Crippen LogP contribution is -2.58. The number of hydrogen-bond donors (Lipinski definition) is 4. The second-order valence-electron chi connectivity index (χ2n) is 11.2. The zero-order valence-electron chi connectivity index (χ0n) is 24.9. The molecule has 5 N–H and O–H groups in total. The fraction of sp³-hybridized carbons (Fsp3) is 0.344. The SMILES string of the molecule is COc1ccc(C[C@H](NC(=O)c2cccc(N)c2Cl)[C@H](O)C(=O)N2CSC(C)(C)C2C(=O)NCc2cc(F)ccc2C)cc1. The number of nitrogens with zero attached hydrogens (tertiary/aromatic N) is 1. The topological polar surface area (TPSA) is 134 Å². The molecule has 0 aromatic heterocycles. The molecule has 9 nitrogen and oxygen atoms in total. The number of ether oxygens (including phenoxy) is 1. The van der Waals surface area contributed by atoms with Gasteiger partial charge in [-0.05, 0) is 80.3 Å². The third-order valence-corrected chi connectivity index (χ3v) is 9.48. The van der Waals surface area contributed by atoms with Gasteiger partial charge >= 0.3 is 0 Å². The predicted octanol–water partition coefficient (Wildman–Crippen LogP) is 4.08. The number of anilines is 1. The number of carbonyl (C=O) groups excluding carboxylic acids is 3. The van der Waals surface area contributed by atoms with Crippen LogP contribution in [0.25, 0.3) is 0 Å². The van der Waals surface area contributed by atoms with Crippen LogP contribution in [0.4, 0.5) is 10.1 Å². The quantitative estimate of drug-likeness (QED) is 0.245. The van der Waals surface area contributed by atoms with Gasteiger partial charge in [-0.1, -0.05) is 35.9 Å². The molecule has 44 heavy (non-hydrogen) atoms. The van der Waals surface area contributed by atoms with E-state index in [-0.39, 0.29) is 35.1 Å². The van der Waals surface area contributed by atoms with E-state index in [0.29, 0.717) is 11.3 Å². The van der Waals surface area contributed by atoms with Gasteiger partial charge in [-0.2, -0.15) is 0 Å². The molecule has 3 atom stereocenters. The molecule has 234 valence electrons. The van der Waals surface area contributed by atoms with E-state index in [9.17, 15) is 23.9 Å². The van der Waals surface area contributed by atoms with Crippen LogP contribution in [0.3, 0.4) is 0 Å². The van der Waals surface area contributed by atoms with Crippen molar-refractivity contribution >= 4 is 46.8 Å². The first kappa shape index (κ1) is 33.1. The number of methoxy groups -OCH3 is 1. The molecule has 3 amide bonds. The van der Waals surface area contributed by atoms with Crippen molar-refractivity contribution in [3.05, 3.63) is 93.8 Å². The number of aryl methyl sites for hydroxylation is 1. The van der Waals surface area contributed by atoms with Crippen molar-refractivity contribution in [3.8, 4) is 5.75 Å². The summed E-state index contributed by atoms with van der Waals surface area (Å²) >= 11 is 7.67. The maximum absolute atomic E-state index is 13.9. The van der Waals surface area contributed by atoms with Gasteiger partial charge in [0.15, 0.2) is 6.10 Å². The number of carbonyl (C=O) groups is 3. The van der Waals surface area contributed by atoms with Gasteiger partial charge in [0, 0.05) is 11.3 Å². The minimum absolute atomic E-state index is 0.0528. The molecule has 12 heteroatoms. The molecule has 0 spiro atoms. The summed E-state index contributed by atoms with van der Waals surface area (Å²) in [5.74, 6) is -1.43. The number of amides is 3. The molecule has 4 rings (SSSR count). The molecule has 1 unspecified atom stereocenters. The second kappa shape index (κ2) is 13.9. The Morgan fingerprint density at radius 3 is 2.57 bits per heavy atom. The van der Waals surface area contributed by atoms with Gasteiger partial charge in [0.05, 0.1) is 35.3 Å². The van der Waals surface area contributed by atoms with E-state index in [0.717, 1.165) is 11.1 Å². The Labute approximate surface area is 265 Å². The Kier molecular flexibility index (Phi) is 10.4. The van der Waals surface area contributed by atoms with Crippen LogP contribution < -0.4 is 21.1 Å². The van der Waals surface area contributed by atoms with Crippen molar-refractivity contribution in [1.29, 1.82) is 0 Å². The van der Waals surface area contributed by atoms with Crippen LogP contribution in [-0.2, 0) is 22.6 Å². The van der Waals surface area contributed by atoms with Crippen LogP contribution in [0.2, 0.25) is 5.02 Å². The van der Waals surface area contributed by atoms with Crippen LogP contribution >= 0.6 is 23.4 Å². The number of aliphatic hydroxyl groups is 1. The molecule has 1 saturated heterocycles. The van der Waals surface area contributed by atoms with Gasteiger partial charge in [-0.15, -0.1) is 11.8 Å². The van der Waals surface area contributed by atoms with E-state index in [1.54, 1.807) is 42.5 Å². The summed E-state index contributed by atoms with van der Waals surface area (Å²) in [6.45, 7) is 5.57. The lowest BCUT2D eigenvalue weighted by Gasteiger charge is -2.33. The molecule has 0 aliphatic carbocycles. The monoisotopic (exact) mass is 642 g/mol. The Morgan fingerprint density at radius 2 is 1.89 bits per heavy atom. The van der Waals surface area contributed by atoms with Gasteiger partial charge in [0.2, 0.25) is 5.91 Å². The molecule has 1 aliphatic heterocycles. The van der Waals surface area contributed by atoms with Gasteiger partial charge in [-0.25, -0.2) is 4.39 Å². The zero-order chi connectivity index (χ0) is 32.2. The van der Waals surface area contributed by atoms with Crippen molar-refractivity contribution in [2.24, 2.45) is 0 Å². The molecule has 0 bridgehead atoms. The zero-order valence-corrected chi connectivity index (χ0v) is 26.5. The van der Waals surface area contributed by atoms with Crippen molar-refractivity contribution in [1.82, 2.24) is 15.5 Å². The van der Waals surface area contributed by atoms with Gasteiger partial charge in [0.1, 0.15) is 17.6 Å². The number of rotatable bonds is 10. The number of nitrogens with two attached hydrogens (primary N) is 1. The third-order valence-electron chi connectivity index (χ3n) is 7.68. The largest absolute Gasteiger partial charge is 0.497 e. The first-order valence-electron chi connectivity index (χ1n) is 14.0. The summed E-state index contributed by atoms with van der Waals surface area (Å²) in [5.41, 5.74) is 8.33. The number of nitrogens with one attached hydrogen (secondary N) is 2. The summed E-state index contributed by atoms with van der Waals surface area (Å²) in [6.07, 6.45) is -1.63. The summed E-state index contributed by atoms with van der Waals surface area (Å²) in [4.78, 5) is 42.1. The van der Waals surface area contributed by atoms with Crippen molar-refractivity contribution < 1.29 is 28.6 Å². The molecular formula is C32H36ClFN4O5S. The Bertz CT molecular complexity index is 1540. The van der Waals surface area contributed by atoms with Crippen LogP contribution in [-0.4, -0.2) is 63.6 Å². The standard InChI is InChI=1S/C32H36ClFN4O5S/c1-18-8-11-21(34)15-20(18)16-36-30(41)28-32(2,3)44-17-38(28)31(42)27(39)25(14-19-9-12-22(43-4)13-10-19)37-29(40)23-6-5-7-24(35)26(23)33/h5-13,15,25,27-28,39H,14,16-17,35H2,1-4H3,(H,36,41)(H,37,40)/t25-,27-,28?/m0/s1. The number of nitrogen functional groups attached to an aromatic ring is 1. The normalized spacial score (nSPS) is 17.1. The highest BCUT2D eigenvalue weighted by Crippen LogP contribution is 2.40. The average Bonchev–Trinajstić information content (AvgIpc) is 3.32. The van der Waals surface area contributed by atoms with Crippen molar-refractivity contribution in [2.45, 2.75) is 56.7 Å². The Balaban J connectivity index is 1.58. The summed E-state index contributed by atoms with van der Waals surface area (Å²) in [6, 6.07) is 13.9. The minimum Gasteiger partial charge on any atom is -0.497 e. The minimum atomic E-state index is -1.71. The molecule has 3 aromatic carbocycles. The first-order chi connectivity index (χ1) is 20.8. The van der Waals surface area contributed by atoms with Gasteiger partial charge < -0.3 is 31.1 Å². The van der Waals surface area contributed by atoms with Crippen LogP contribution in [0.15, 0.2) is 60.7 Å². The molecule has 1 aliphatic rings. The van der Waals surface area contributed by atoms with Crippen molar-refractivity contribution in [2.75, 3.05) is 18.7 Å². The third kappa shape index (κ3) is 7.46. The van der Waals surface area contributed by atoms with E-state index >= 15 is 0 Å². The van der Waals surface area contributed by atoms with Crippen LogP contribution in [0.1, 0.15) is 40.9 Å². The smallest absolute Gasteiger partial charge is 0.254 e. The molecule has 1 heterocycles. The molecule has 3 aromatic rings. The van der Waals surface area contributed by atoms with Crippen LogP contribution in [0.5, 0.6) is 5.75 Å². The number of hydrogen-bond acceptors (Lipinski definition) is 7. The number of aliphatic hydroxyl groups excluding tert-OH is 1. The Hall–Kier alpha value is -3.80. The van der Waals surface area contributed by atoms with E-state index in [1.165, 1.54) is 42.0 Å². The van der Waals surface area contributed by atoms with E-state index in [4.69, 9.17) is 22.1 Å². The van der Waals surface area contributed by atoms with Crippen LogP contribution in [0, 0.1) is 12.7 Å². The number of halogens is 2. The molecule has 1 fully saturated rings. The lowest BCUT2D eigenvalue weighted by atomic mass is 9.96. The first-order valence-corrected chi connectivity index (χ1v) is 15.3. The average molecular weight is 643 g/mol. The predicted molar refractivity (Wildman–Crippen MR) is 170 cm³/mol. The highest BCUT2D eigenvalue weighted by atomic mass is 35.5. The van der Waals surface area contributed by atoms with Gasteiger partial charge in [-0.3, -0.25) is 14.4 Å². The maximum atomic E-state index is 13.9. The Morgan fingerprint density at radius 1 is 1.18 bits per heavy atom. The fourth-order valence-electron chi connectivity index (χ4n) is 5.09. The van der Waals surface area contributed by atoms with E-state index in [1.807, 2.05) is 20.8 Å². The summed E-state index contributed by atoms with van der Waals surface area (Å²) in [5, 5.41) is 17.1. The highest BCUT2D eigenvalue weighted by Gasteiger charge is 2.49. The molecule has 0 radical (unpaired) electrons. The van der Waals surface area contributed by atoms with Crippen molar-refractivity contribution in [3.63, 3.8) is 0 Å². The lowest BCUT2D eigenvalue weighted by molar-refractivity contribution is -0.147. The number of benzene rings is 3. The maximum Gasteiger partial charge on any atom is 0.254 e. The molecular weight excluding hydrogens is 607 g/mol. The van der Waals surface area contributed by atoms with E-state index < -0.39 is 46.5 Å².